The third kappa shape index (κ3) is 2.61. The second-order valence-corrected chi connectivity index (χ2v) is 7.19. The molecule has 1 saturated heterocycles. The predicted octanol–water partition coefficient (Wildman–Crippen LogP) is 3.38. The van der Waals surface area contributed by atoms with Gasteiger partial charge in [0, 0.05) is 24.2 Å². The van der Waals surface area contributed by atoms with Gasteiger partial charge in [-0.05, 0) is 18.9 Å². The molecule has 2 aromatic carbocycles. The number of benzene rings is 2. The van der Waals surface area contributed by atoms with Crippen molar-refractivity contribution < 1.29 is 9.59 Å². The van der Waals surface area contributed by atoms with Gasteiger partial charge in [0.25, 0.3) is 0 Å². The minimum absolute atomic E-state index is 0.0485. The maximum atomic E-state index is 13.3. The van der Waals surface area contributed by atoms with E-state index < -0.39 is 6.04 Å². The van der Waals surface area contributed by atoms with Crippen LogP contribution in [0.25, 0.3) is 0 Å². The Morgan fingerprint density at radius 1 is 0.808 bits per heavy atom. The van der Waals surface area contributed by atoms with Crippen LogP contribution in [0.5, 0.6) is 0 Å². The Labute approximate surface area is 154 Å². The van der Waals surface area contributed by atoms with Crippen molar-refractivity contribution in [1.82, 2.24) is 9.80 Å². The largest absolute Gasteiger partial charge is 0.292 e. The summed E-state index contributed by atoms with van der Waals surface area (Å²) in [6.45, 7) is 5.71. The van der Waals surface area contributed by atoms with Gasteiger partial charge in [-0.15, -0.1) is 0 Å². The van der Waals surface area contributed by atoms with Gasteiger partial charge in [0.2, 0.25) is 0 Å². The number of ketones is 2. The van der Waals surface area contributed by atoms with Crippen LogP contribution in [0.4, 0.5) is 0 Å². The Kier molecular flexibility index (Phi) is 4.47. The maximum absolute atomic E-state index is 13.3. The first-order valence-corrected chi connectivity index (χ1v) is 9.36. The minimum Gasteiger partial charge on any atom is -0.292 e. The predicted molar refractivity (Wildman–Crippen MR) is 101 cm³/mol. The first-order valence-electron chi connectivity index (χ1n) is 9.36. The van der Waals surface area contributed by atoms with Gasteiger partial charge in [0.15, 0.2) is 11.6 Å². The lowest BCUT2D eigenvalue weighted by molar-refractivity contribution is 0.0734. The molecule has 1 heterocycles. The van der Waals surface area contributed by atoms with Crippen LogP contribution in [0.15, 0.2) is 54.6 Å². The first kappa shape index (κ1) is 17.1. The second kappa shape index (κ2) is 6.78. The van der Waals surface area contributed by atoms with Crippen molar-refractivity contribution in [3.63, 3.8) is 0 Å². The molecule has 0 radical (unpaired) electrons. The molecule has 0 bridgehead atoms. The topological polar surface area (TPSA) is 40.6 Å². The molecule has 2 aromatic rings. The quantitative estimate of drug-likeness (QED) is 0.849. The van der Waals surface area contributed by atoms with Crippen LogP contribution in [-0.4, -0.2) is 46.2 Å². The lowest BCUT2D eigenvalue weighted by atomic mass is 9.82. The van der Waals surface area contributed by atoms with Gasteiger partial charge in [-0.2, -0.15) is 0 Å². The lowest BCUT2D eigenvalue weighted by Crippen LogP contribution is -2.51. The monoisotopic (exact) mass is 348 g/mol. The second-order valence-electron chi connectivity index (χ2n) is 7.19. The maximum Gasteiger partial charge on any atom is 0.182 e. The van der Waals surface area contributed by atoms with Crippen molar-refractivity contribution >= 4 is 11.6 Å². The highest BCUT2D eigenvalue weighted by Gasteiger charge is 2.54. The third-order valence-corrected chi connectivity index (χ3v) is 5.66. The molecule has 3 unspecified atom stereocenters. The van der Waals surface area contributed by atoms with Crippen LogP contribution in [0, 0.1) is 0 Å². The minimum atomic E-state index is -0.404. The van der Waals surface area contributed by atoms with E-state index in [2.05, 4.69) is 35.8 Å². The zero-order valence-electron chi connectivity index (χ0n) is 15.3. The van der Waals surface area contributed by atoms with Crippen LogP contribution in [-0.2, 0) is 6.54 Å². The molecular weight excluding hydrogens is 324 g/mol. The number of hydrogen-bond donors (Lipinski definition) is 0. The Bertz CT molecular complexity index is 833. The van der Waals surface area contributed by atoms with E-state index in [-0.39, 0.29) is 23.8 Å². The van der Waals surface area contributed by atoms with E-state index in [1.54, 1.807) is 12.1 Å². The average molecular weight is 348 g/mol. The van der Waals surface area contributed by atoms with E-state index in [0.29, 0.717) is 17.7 Å². The lowest BCUT2D eigenvalue weighted by Gasteiger charge is -2.31. The van der Waals surface area contributed by atoms with Gasteiger partial charge in [0.1, 0.15) is 0 Å². The van der Waals surface area contributed by atoms with Crippen LogP contribution in [0.3, 0.4) is 0 Å². The van der Waals surface area contributed by atoms with Gasteiger partial charge in [-0.1, -0.05) is 61.5 Å². The standard InChI is InChI=1S/C22H24N2O2/c1-3-13-23-15(2)24(14-16-9-5-4-6-10-16)20-19(23)21(25)17-11-7-8-12-18(17)22(20)26/h4-12,15,19-20H,3,13-14H2,1-2H3. The number of hydrogen-bond acceptors (Lipinski definition) is 4. The zero-order chi connectivity index (χ0) is 18.3. The van der Waals surface area contributed by atoms with Crippen LogP contribution >= 0.6 is 0 Å². The van der Waals surface area contributed by atoms with Crippen molar-refractivity contribution in [1.29, 1.82) is 0 Å². The fourth-order valence-electron chi connectivity index (χ4n) is 4.45. The molecule has 4 rings (SSSR count). The molecule has 1 fully saturated rings. The van der Waals surface area contributed by atoms with E-state index in [1.165, 1.54) is 0 Å². The smallest absolute Gasteiger partial charge is 0.182 e. The molecule has 0 spiro atoms. The first-order chi connectivity index (χ1) is 12.6. The molecule has 1 aliphatic carbocycles. The van der Waals surface area contributed by atoms with Gasteiger partial charge < -0.3 is 0 Å². The fraction of sp³-hybridized carbons (Fsp3) is 0.364. The molecule has 4 nitrogen and oxygen atoms in total. The summed E-state index contributed by atoms with van der Waals surface area (Å²) >= 11 is 0. The SMILES string of the molecule is CCCN1C2C(=O)c3ccccc3C(=O)C2N(Cc2ccccc2)C1C. The summed E-state index contributed by atoms with van der Waals surface area (Å²) in [6.07, 6.45) is 1.00. The van der Waals surface area contributed by atoms with Crippen molar-refractivity contribution in [2.45, 2.75) is 45.1 Å². The van der Waals surface area contributed by atoms with Gasteiger partial charge in [0.05, 0.1) is 18.2 Å². The summed E-state index contributed by atoms with van der Waals surface area (Å²) in [4.78, 5) is 31.0. The summed E-state index contributed by atoms with van der Waals surface area (Å²) in [7, 11) is 0. The van der Waals surface area contributed by atoms with E-state index in [4.69, 9.17) is 0 Å². The van der Waals surface area contributed by atoms with Gasteiger partial charge in [-0.25, -0.2) is 0 Å². The highest BCUT2D eigenvalue weighted by Crippen LogP contribution is 2.37. The molecule has 134 valence electrons. The molecule has 0 aromatic heterocycles. The summed E-state index contributed by atoms with van der Waals surface area (Å²) in [5, 5.41) is 0. The summed E-state index contributed by atoms with van der Waals surface area (Å²) in [5.41, 5.74) is 2.31. The van der Waals surface area contributed by atoms with E-state index >= 15 is 0 Å². The molecule has 1 aliphatic heterocycles. The molecule has 0 N–H and O–H groups in total. The average Bonchev–Trinajstić information content (AvgIpc) is 2.94. The van der Waals surface area contributed by atoms with Crippen LogP contribution < -0.4 is 0 Å². The zero-order valence-corrected chi connectivity index (χ0v) is 15.3. The number of carbonyl (C=O) groups is 2. The van der Waals surface area contributed by atoms with E-state index in [9.17, 15) is 9.59 Å². The number of carbonyl (C=O) groups excluding carboxylic acids is 2. The van der Waals surface area contributed by atoms with Crippen LogP contribution in [0.2, 0.25) is 0 Å². The van der Waals surface area contributed by atoms with Crippen molar-refractivity contribution in [2.24, 2.45) is 0 Å². The normalized spacial score (nSPS) is 26.0. The summed E-state index contributed by atoms with van der Waals surface area (Å²) in [5.74, 6) is 0.160. The molecule has 3 atom stereocenters. The molecule has 4 heteroatoms. The molecular formula is C22H24N2O2. The van der Waals surface area contributed by atoms with E-state index in [0.717, 1.165) is 18.5 Å². The summed E-state index contributed by atoms with van der Waals surface area (Å²) in [6, 6.07) is 16.7. The molecule has 0 saturated carbocycles. The Morgan fingerprint density at radius 3 is 1.92 bits per heavy atom. The summed E-state index contributed by atoms with van der Waals surface area (Å²) < 4.78 is 0. The Hall–Kier alpha value is -2.30. The highest BCUT2D eigenvalue weighted by molar-refractivity contribution is 6.19. The highest BCUT2D eigenvalue weighted by atomic mass is 16.1. The number of nitrogens with zero attached hydrogens (tertiary/aromatic N) is 2. The van der Waals surface area contributed by atoms with Crippen molar-refractivity contribution in [2.75, 3.05) is 6.54 Å². The Morgan fingerprint density at radius 2 is 1.35 bits per heavy atom. The Balaban J connectivity index is 1.77. The van der Waals surface area contributed by atoms with Gasteiger partial charge in [-0.3, -0.25) is 19.4 Å². The van der Waals surface area contributed by atoms with Crippen molar-refractivity contribution in [3.8, 4) is 0 Å². The number of rotatable bonds is 4. The third-order valence-electron chi connectivity index (χ3n) is 5.66. The fourth-order valence-corrected chi connectivity index (χ4v) is 4.45. The molecule has 26 heavy (non-hydrogen) atoms. The number of Topliss-reactive ketones (excluding diaryl/α,β-unsaturated/α-hetero) is 2. The van der Waals surface area contributed by atoms with Crippen LogP contribution in [0.1, 0.15) is 46.5 Å². The van der Waals surface area contributed by atoms with E-state index in [1.807, 2.05) is 30.3 Å². The van der Waals surface area contributed by atoms with Crippen molar-refractivity contribution in [3.05, 3.63) is 71.3 Å². The number of fused-ring (bicyclic) bond motifs is 2. The molecule has 0 amide bonds. The molecule has 2 aliphatic rings. The van der Waals surface area contributed by atoms with Gasteiger partial charge >= 0.3 is 0 Å².